The van der Waals surface area contributed by atoms with Crippen LogP contribution in [0.5, 0.6) is 0 Å². The van der Waals surface area contributed by atoms with Crippen LogP contribution in [0.1, 0.15) is 20.8 Å². The fraction of sp³-hybridized carbons (Fsp3) is 0.600. The highest BCUT2D eigenvalue weighted by atomic mass is 16.6. The van der Waals surface area contributed by atoms with Gasteiger partial charge in [-0.15, -0.1) is 0 Å². The minimum absolute atomic E-state index is 0.0173. The third kappa shape index (κ3) is 4.21. The Morgan fingerprint density at radius 2 is 2.24 bits per heavy atom. The second kappa shape index (κ2) is 4.94. The van der Waals surface area contributed by atoms with Crippen LogP contribution in [0.15, 0.2) is 12.4 Å². The van der Waals surface area contributed by atoms with Crippen molar-refractivity contribution in [3.63, 3.8) is 0 Å². The van der Waals surface area contributed by atoms with E-state index in [9.17, 15) is 14.9 Å². The van der Waals surface area contributed by atoms with Crippen molar-refractivity contribution in [1.82, 2.24) is 14.9 Å². The zero-order valence-electron chi connectivity index (χ0n) is 10.1. The average Bonchev–Trinajstić information content (AvgIpc) is 2.62. The number of rotatable bonds is 4. The summed E-state index contributed by atoms with van der Waals surface area (Å²) in [5, 5.41) is 13.3. The number of hydrogen-bond donors (Lipinski definition) is 1. The van der Waals surface area contributed by atoms with Crippen LogP contribution < -0.4 is 5.32 Å². The predicted molar refractivity (Wildman–Crippen MR) is 61.3 cm³/mol. The third-order valence-electron chi connectivity index (χ3n) is 1.99. The van der Waals surface area contributed by atoms with E-state index < -0.39 is 4.92 Å². The molecule has 1 N–H and O–H groups in total. The Bertz CT molecular complexity index is 419. The highest BCUT2D eigenvalue weighted by Crippen LogP contribution is 2.10. The van der Waals surface area contributed by atoms with Crippen LogP contribution in [-0.4, -0.2) is 26.9 Å². The topological polar surface area (TPSA) is 90.1 Å². The Morgan fingerprint density at radius 3 is 2.76 bits per heavy atom. The maximum absolute atomic E-state index is 11.5. The predicted octanol–water partition coefficient (Wildman–Crippen LogP) is 0.954. The summed E-state index contributed by atoms with van der Waals surface area (Å²) in [6.07, 6.45) is 2.71. The number of carbonyl (C=O) groups is 1. The largest absolute Gasteiger partial charge is 0.435 e. The first-order valence-corrected chi connectivity index (χ1v) is 5.22. The fourth-order valence-electron chi connectivity index (χ4n) is 1.17. The Hall–Kier alpha value is -1.92. The molecule has 0 fully saturated rings. The monoisotopic (exact) mass is 240 g/mol. The van der Waals surface area contributed by atoms with Gasteiger partial charge in [-0.05, 0) is 10.3 Å². The van der Waals surface area contributed by atoms with E-state index in [0.717, 1.165) is 0 Å². The minimum Gasteiger partial charge on any atom is -0.390 e. The van der Waals surface area contributed by atoms with Gasteiger partial charge in [-0.25, -0.2) is 4.57 Å². The molecule has 0 saturated carbocycles. The van der Waals surface area contributed by atoms with Gasteiger partial charge >= 0.3 is 5.95 Å². The molecular formula is C10H16N4O3. The van der Waals surface area contributed by atoms with Gasteiger partial charge in [0.15, 0.2) is 6.54 Å². The SMILES string of the molecule is CC(C)(C)CNC(=O)Cn1ccnc1[N+](=O)[O-]. The summed E-state index contributed by atoms with van der Waals surface area (Å²) in [7, 11) is 0. The first-order chi connectivity index (χ1) is 7.79. The second-order valence-corrected chi connectivity index (χ2v) is 4.95. The van der Waals surface area contributed by atoms with E-state index in [1.807, 2.05) is 20.8 Å². The molecule has 1 rings (SSSR count). The first kappa shape index (κ1) is 13.1. The van der Waals surface area contributed by atoms with Gasteiger partial charge in [0.2, 0.25) is 0 Å². The zero-order chi connectivity index (χ0) is 13.1. The molecule has 7 heteroatoms. The molecule has 17 heavy (non-hydrogen) atoms. The number of nitrogens with zero attached hydrogens (tertiary/aromatic N) is 3. The Kier molecular flexibility index (Phi) is 3.82. The molecule has 1 aromatic heterocycles. The lowest BCUT2D eigenvalue weighted by Crippen LogP contribution is -2.34. The quantitative estimate of drug-likeness (QED) is 0.626. The highest BCUT2D eigenvalue weighted by molar-refractivity contribution is 5.75. The highest BCUT2D eigenvalue weighted by Gasteiger charge is 2.18. The smallest absolute Gasteiger partial charge is 0.390 e. The van der Waals surface area contributed by atoms with Gasteiger partial charge in [-0.1, -0.05) is 25.8 Å². The van der Waals surface area contributed by atoms with E-state index in [0.29, 0.717) is 6.54 Å². The molecule has 0 unspecified atom stereocenters. The average molecular weight is 240 g/mol. The molecule has 0 spiro atoms. The molecule has 1 heterocycles. The molecule has 1 amide bonds. The van der Waals surface area contributed by atoms with Gasteiger partial charge < -0.3 is 15.4 Å². The van der Waals surface area contributed by atoms with Gasteiger partial charge in [-0.3, -0.25) is 4.79 Å². The van der Waals surface area contributed by atoms with Crippen molar-refractivity contribution in [1.29, 1.82) is 0 Å². The van der Waals surface area contributed by atoms with Crippen LogP contribution in [0.4, 0.5) is 5.95 Å². The first-order valence-electron chi connectivity index (χ1n) is 5.22. The lowest BCUT2D eigenvalue weighted by Gasteiger charge is -2.18. The minimum atomic E-state index is -0.614. The normalized spacial score (nSPS) is 11.2. The number of imidazole rings is 1. The molecule has 0 atom stereocenters. The van der Waals surface area contributed by atoms with E-state index in [-0.39, 0.29) is 23.8 Å². The molecule has 0 aromatic carbocycles. The van der Waals surface area contributed by atoms with E-state index in [1.165, 1.54) is 17.0 Å². The van der Waals surface area contributed by atoms with Crippen molar-refractivity contribution in [2.75, 3.05) is 6.54 Å². The molecule has 0 aliphatic carbocycles. The number of hydrogen-bond acceptors (Lipinski definition) is 4. The van der Waals surface area contributed by atoms with Crippen molar-refractivity contribution in [3.05, 3.63) is 22.5 Å². The lowest BCUT2D eigenvalue weighted by atomic mass is 9.97. The van der Waals surface area contributed by atoms with Crippen LogP contribution >= 0.6 is 0 Å². The summed E-state index contributed by atoms with van der Waals surface area (Å²) in [4.78, 5) is 25.1. The Morgan fingerprint density at radius 1 is 1.59 bits per heavy atom. The van der Waals surface area contributed by atoms with Gasteiger partial charge in [0.05, 0.1) is 0 Å². The van der Waals surface area contributed by atoms with Gasteiger partial charge in [0.1, 0.15) is 12.4 Å². The van der Waals surface area contributed by atoms with Gasteiger partial charge in [-0.2, -0.15) is 0 Å². The van der Waals surface area contributed by atoms with Crippen molar-refractivity contribution in [3.8, 4) is 0 Å². The van der Waals surface area contributed by atoms with Crippen LogP contribution in [0.25, 0.3) is 0 Å². The summed E-state index contributed by atoms with van der Waals surface area (Å²) < 4.78 is 1.21. The lowest BCUT2D eigenvalue weighted by molar-refractivity contribution is -0.396. The van der Waals surface area contributed by atoms with Crippen LogP contribution in [0, 0.1) is 15.5 Å². The van der Waals surface area contributed by atoms with Crippen LogP contribution in [0.3, 0.4) is 0 Å². The summed E-state index contributed by atoms with van der Waals surface area (Å²) in [6.45, 7) is 6.41. The number of amides is 1. The number of aromatic nitrogens is 2. The van der Waals surface area contributed by atoms with Crippen molar-refractivity contribution in [2.45, 2.75) is 27.3 Å². The standard InChI is InChI=1S/C10H16N4O3/c1-10(2,3)7-12-8(15)6-13-5-4-11-9(13)14(16)17/h4-5H,6-7H2,1-3H3,(H,12,15). The number of carbonyl (C=O) groups excluding carboxylic acids is 1. The fourth-order valence-corrected chi connectivity index (χ4v) is 1.17. The van der Waals surface area contributed by atoms with E-state index in [1.54, 1.807) is 0 Å². The third-order valence-corrected chi connectivity index (χ3v) is 1.99. The summed E-state index contributed by atoms with van der Waals surface area (Å²) in [5.41, 5.74) is -0.0173. The Balaban J connectivity index is 2.57. The molecule has 94 valence electrons. The maximum Gasteiger partial charge on any atom is 0.435 e. The van der Waals surface area contributed by atoms with Crippen LogP contribution in [-0.2, 0) is 11.3 Å². The van der Waals surface area contributed by atoms with Crippen LogP contribution in [0.2, 0.25) is 0 Å². The van der Waals surface area contributed by atoms with Crippen molar-refractivity contribution in [2.24, 2.45) is 5.41 Å². The van der Waals surface area contributed by atoms with Crippen molar-refractivity contribution >= 4 is 11.9 Å². The molecular weight excluding hydrogens is 224 g/mol. The van der Waals surface area contributed by atoms with E-state index in [4.69, 9.17) is 0 Å². The molecule has 0 aliphatic heterocycles. The van der Waals surface area contributed by atoms with Gasteiger partial charge in [0, 0.05) is 6.54 Å². The molecule has 7 nitrogen and oxygen atoms in total. The summed E-state index contributed by atoms with van der Waals surface area (Å²) in [6, 6.07) is 0. The van der Waals surface area contributed by atoms with Gasteiger partial charge in [0.25, 0.3) is 5.91 Å². The number of nitrogens with one attached hydrogen (secondary N) is 1. The summed E-state index contributed by atoms with van der Waals surface area (Å²) in [5.74, 6) is -0.586. The zero-order valence-corrected chi connectivity index (χ0v) is 10.1. The van der Waals surface area contributed by atoms with E-state index >= 15 is 0 Å². The Labute approximate surface area is 99.0 Å². The molecule has 0 bridgehead atoms. The second-order valence-electron chi connectivity index (χ2n) is 4.95. The molecule has 0 radical (unpaired) electrons. The number of nitro groups is 1. The van der Waals surface area contributed by atoms with E-state index in [2.05, 4.69) is 10.3 Å². The molecule has 0 saturated heterocycles. The summed E-state index contributed by atoms with van der Waals surface area (Å²) >= 11 is 0. The maximum atomic E-state index is 11.5. The molecule has 0 aliphatic rings. The molecule has 1 aromatic rings. The van der Waals surface area contributed by atoms with Crippen molar-refractivity contribution < 1.29 is 9.72 Å².